The Balaban J connectivity index is 1.32. The first-order valence-corrected chi connectivity index (χ1v) is 9.48. The Bertz CT molecular complexity index is 572. The number of nitrogens with zero attached hydrogens (tertiary/aromatic N) is 4. The molecule has 1 N–H and O–H groups in total. The molecule has 1 aromatic rings. The van der Waals surface area contributed by atoms with E-state index in [0.29, 0.717) is 0 Å². The number of rotatable bonds is 2. The first-order valence-electron chi connectivity index (χ1n) is 9.48. The van der Waals surface area contributed by atoms with Gasteiger partial charge in [0, 0.05) is 45.5 Å². The summed E-state index contributed by atoms with van der Waals surface area (Å²) in [4.78, 5) is 17.1. The lowest BCUT2D eigenvalue weighted by Gasteiger charge is -2.34. The maximum Gasteiger partial charge on any atom is 0.317 e. The monoisotopic (exact) mass is 331 g/mol. The van der Waals surface area contributed by atoms with Crippen molar-refractivity contribution in [2.75, 3.05) is 31.1 Å². The molecular weight excluding hydrogens is 302 g/mol. The number of urea groups is 1. The highest BCUT2D eigenvalue weighted by Gasteiger charge is 2.37. The first kappa shape index (κ1) is 15.8. The van der Waals surface area contributed by atoms with Gasteiger partial charge in [0.25, 0.3) is 0 Å². The van der Waals surface area contributed by atoms with Gasteiger partial charge in [-0.1, -0.05) is 12.8 Å². The number of carbonyl (C=O) groups is 1. The molecule has 6 heteroatoms. The summed E-state index contributed by atoms with van der Waals surface area (Å²) in [6.45, 7) is 3.87. The third-order valence-electron chi connectivity index (χ3n) is 6.07. The molecule has 3 aliphatic rings. The second kappa shape index (κ2) is 6.65. The lowest BCUT2D eigenvalue weighted by molar-refractivity contribution is 0.200. The second-order valence-corrected chi connectivity index (χ2v) is 7.82. The van der Waals surface area contributed by atoms with E-state index < -0.39 is 0 Å². The SMILES string of the molecule is Cn1cc(N2CCC[C@@H](NC(=O)N3C[C@H]4CCCC[C@H]4C3)C2)cn1. The van der Waals surface area contributed by atoms with Gasteiger partial charge in [0.2, 0.25) is 0 Å². The number of aryl methyl sites for hydroxylation is 1. The Morgan fingerprint density at radius 2 is 1.88 bits per heavy atom. The van der Waals surface area contributed by atoms with E-state index in [4.69, 9.17) is 0 Å². The molecule has 0 radical (unpaired) electrons. The van der Waals surface area contributed by atoms with Crippen molar-refractivity contribution in [3.05, 3.63) is 12.4 Å². The number of anilines is 1. The number of aromatic nitrogens is 2. The number of likely N-dealkylation sites (tertiary alicyclic amines) is 1. The van der Waals surface area contributed by atoms with E-state index in [1.54, 1.807) is 0 Å². The summed E-state index contributed by atoms with van der Waals surface area (Å²) >= 11 is 0. The van der Waals surface area contributed by atoms with Gasteiger partial charge >= 0.3 is 6.03 Å². The van der Waals surface area contributed by atoms with Crippen molar-refractivity contribution >= 4 is 11.7 Å². The minimum absolute atomic E-state index is 0.155. The molecule has 24 heavy (non-hydrogen) atoms. The van der Waals surface area contributed by atoms with Crippen LogP contribution in [0.25, 0.3) is 0 Å². The molecule has 3 atom stereocenters. The van der Waals surface area contributed by atoms with Crippen molar-refractivity contribution in [1.82, 2.24) is 20.0 Å². The van der Waals surface area contributed by atoms with E-state index in [1.807, 2.05) is 17.9 Å². The van der Waals surface area contributed by atoms with E-state index >= 15 is 0 Å². The molecule has 1 aliphatic carbocycles. The van der Waals surface area contributed by atoms with E-state index in [2.05, 4.69) is 26.4 Å². The molecule has 0 spiro atoms. The number of hydrogen-bond donors (Lipinski definition) is 1. The molecule has 1 saturated carbocycles. The Morgan fingerprint density at radius 1 is 1.12 bits per heavy atom. The van der Waals surface area contributed by atoms with Gasteiger partial charge in [-0.25, -0.2) is 4.79 Å². The molecule has 2 amide bonds. The molecule has 1 aromatic heterocycles. The molecule has 2 aliphatic heterocycles. The molecule has 4 rings (SSSR count). The van der Waals surface area contributed by atoms with Crippen molar-refractivity contribution < 1.29 is 4.79 Å². The zero-order valence-corrected chi connectivity index (χ0v) is 14.7. The minimum Gasteiger partial charge on any atom is -0.367 e. The smallest absolute Gasteiger partial charge is 0.317 e. The quantitative estimate of drug-likeness (QED) is 0.904. The standard InChI is InChI=1S/C18H29N5O/c1-21-13-17(9-19-21)22-8-4-7-16(12-22)20-18(24)23-10-14-5-2-3-6-15(14)11-23/h9,13-16H,2-8,10-12H2,1H3,(H,20,24)/t14-,15+,16-/m1/s1. The van der Waals surface area contributed by atoms with Gasteiger partial charge in [0.05, 0.1) is 11.9 Å². The van der Waals surface area contributed by atoms with Crippen LogP contribution >= 0.6 is 0 Å². The third kappa shape index (κ3) is 3.23. The van der Waals surface area contributed by atoms with Gasteiger partial charge in [0.15, 0.2) is 0 Å². The lowest BCUT2D eigenvalue weighted by Crippen LogP contribution is -2.51. The van der Waals surface area contributed by atoms with Crippen LogP contribution in [0.4, 0.5) is 10.5 Å². The van der Waals surface area contributed by atoms with Gasteiger partial charge in [0.1, 0.15) is 0 Å². The Labute approximate surface area is 144 Å². The normalized spacial score (nSPS) is 30.3. The van der Waals surface area contributed by atoms with E-state index in [0.717, 1.165) is 56.5 Å². The van der Waals surface area contributed by atoms with Crippen LogP contribution in [0.1, 0.15) is 38.5 Å². The molecule has 0 bridgehead atoms. The fraction of sp³-hybridized carbons (Fsp3) is 0.778. The van der Waals surface area contributed by atoms with Crippen molar-refractivity contribution in [2.45, 2.75) is 44.6 Å². The Hall–Kier alpha value is -1.72. The van der Waals surface area contributed by atoms with Crippen LogP contribution in [0.3, 0.4) is 0 Å². The summed E-state index contributed by atoms with van der Waals surface area (Å²) in [7, 11) is 1.94. The second-order valence-electron chi connectivity index (χ2n) is 7.82. The maximum absolute atomic E-state index is 12.7. The summed E-state index contributed by atoms with van der Waals surface area (Å²) in [5.41, 5.74) is 1.16. The molecule has 0 unspecified atom stereocenters. The van der Waals surface area contributed by atoms with Crippen molar-refractivity contribution in [1.29, 1.82) is 0 Å². The summed E-state index contributed by atoms with van der Waals surface area (Å²) in [6, 6.07) is 0.400. The van der Waals surface area contributed by atoms with Crippen molar-refractivity contribution in [3.63, 3.8) is 0 Å². The van der Waals surface area contributed by atoms with Crippen LogP contribution in [-0.2, 0) is 7.05 Å². The summed E-state index contributed by atoms with van der Waals surface area (Å²) in [5, 5.41) is 7.56. The topological polar surface area (TPSA) is 53.4 Å². The molecule has 0 aromatic carbocycles. The molecule has 2 saturated heterocycles. The molecule has 6 nitrogen and oxygen atoms in total. The zero-order chi connectivity index (χ0) is 16.5. The number of hydrogen-bond acceptors (Lipinski definition) is 3. The van der Waals surface area contributed by atoms with Gasteiger partial charge in [-0.05, 0) is 37.5 Å². The summed E-state index contributed by atoms with van der Waals surface area (Å²) in [5.74, 6) is 1.51. The van der Waals surface area contributed by atoms with Gasteiger partial charge < -0.3 is 15.1 Å². The van der Waals surface area contributed by atoms with Crippen LogP contribution in [0.2, 0.25) is 0 Å². The van der Waals surface area contributed by atoms with Gasteiger partial charge in [-0.2, -0.15) is 5.10 Å². The van der Waals surface area contributed by atoms with Crippen LogP contribution in [0.15, 0.2) is 12.4 Å². The number of carbonyl (C=O) groups excluding carboxylic acids is 1. The fourth-order valence-electron chi connectivity index (χ4n) is 4.74. The first-order chi connectivity index (χ1) is 11.7. The average molecular weight is 331 g/mol. The van der Waals surface area contributed by atoms with Crippen LogP contribution in [-0.4, -0.2) is 52.9 Å². The van der Waals surface area contributed by atoms with Crippen LogP contribution < -0.4 is 10.2 Å². The van der Waals surface area contributed by atoms with E-state index in [-0.39, 0.29) is 12.1 Å². The van der Waals surface area contributed by atoms with Gasteiger partial charge in [-0.15, -0.1) is 0 Å². The van der Waals surface area contributed by atoms with Crippen molar-refractivity contribution in [2.24, 2.45) is 18.9 Å². The Kier molecular flexibility index (Phi) is 4.37. The highest BCUT2D eigenvalue weighted by atomic mass is 16.2. The molecule has 3 fully saturated rings. The van der Waals surface area contributed by atoms with E-state index in [1.165, 1.54) is 25.7 Å². The Morgan fingerprint density at radius 3 is 2.54 bits per heavy atom. The highest BCUT2D eigenvalue weighted by molar-refractivity contribution is 5.75. The molecule has 132 valence electrons. The van der Waals surface area contributed by atoms with Crippen LogP contribution in [0.5, 0.6) is 0 Å². The van der Waals surface area contributed by atoms with Gasteiger partial charge in [-0.3, -0.25) is 4.68 Å². The largest absolute Gasteiger partial charge is 0.367 e. The average Bonchev–Trinajstić information content (AvgIpc) is 3.21. The molecule has 3 heterocycles. The fourth-order valence-corrected chi connectivity index (χ4v) is 4.74. The zero-order valence-electron chi connectivity index (χ0n) is 14.7. The predicted octanol–water partition coefficient (Wildman–Crippen LogP) is 2.22. The highest BCUT2D eigenvalue weighted by Crippen LogP contribution is 2.36. The van der Waals surface area contributed by atoms with E-state index in [9.17, 15) is 4.79 Å². The molecular formula is C18H29N5O. The number of amides is 2. The number of nitrogens with one attached hydrogen (secondary N) is 1. The number of piperidine rings is 1. The minimum atomic E-state index is 0.155. The lowest BCUT2D eigenvalue weighted by atomic mass is 9.82. The maximum atomic E-state index is 12.7. The summed E-state index contributed by atoms with van der Waals surface area (Å²) in [6.07, 6.45) is 11.5. The summed E-state index contributed by atoms with van der Waals surface area (Å²) < 4.78 is 1.84. The predicted molar refractivity (Wildman–Crippen MR) is 94.0 cm³/mol. The van der Waals surface area contributed by atoms with Crippen molar-refractivity contribution in [3.8, 4) is 0 Å². The van der Waals surface area contributed by atoms with Crippen LogP contribution in [0, 0.1) is 11.8 Å². The number of fused-ring (bicyclic) bond motifs is 1. The third-order valence-corrected chi connectivity index (χ3v) is 6.07.